The lowest BCUT2D eigenvalue weighted by molar-refractivity contribution is -0.123. The molecule has 1 fully saturated rings. The molecule has 3 N–H and O–H groups in total. The molecule has 19 heavy (non-hydrogen) atoms. The lowest BCUT2D eigenvalue weighted by Gasteiger charge is -2.06. The van der Waals surface area contributed by atoms with Crippen molar-refractivity contribution in [2.75, 3.05) is 6.61 Å². The first kappa shape index (κ1) is 15.8. The Morgan fingerprint density at radius 2 is 1.95 bits per heavy atom. The Labute approximate surface area is 119 Å². The van der Waals surface area contributed by atoms with Crippen molar-refractivity contribution in [1.82, 2.24) is 5.32 Å². The molecule has 0 bridgehead atoms. The van der Waals surface area contributed by atoms with Gasteiger partial charge in [0.15, 0.2) is 6.61 Å². The van der Waals surface area contributed by atoms with Crippen molar-refractivity contribution in [3.63, 3.8) is 0 Å². The number of ether oxygens (including phenoxy) is 1. The van der Waals surface area contributed by atoms with Gasteiger partial charge in [0.2, 0.25) is 0 Å². The summed E-state index contributed by atoms with van der Waals surface area (Å²) in [5.74, 6) is 0.479. The van der Waals surface area contributed by atoms with Crippen LogP contribution in [0.5, 0.6) is 5.75 Å². The number of halogens is 1. The third-order valence-electron chi connectivity index (χ3n) is 2.37. The molecule has 106 valence electrons. The summed E-state index contributed by atoms with van der Waals surface area (Å²) in [7, 11) is 0. The molecule has 1 aromatic carbocycles. The number of nitrogens with one attached hydrogen (secondary N) is 1. The molecular weight excluding hydrogens is 264 g/mol. The van der Waals surface area contributed by atoms with Crippen LogP contribution in [0.1, 0.15) is 26.7 Å². The van der Waals surface area contributed by atoms with Crippen LogP contribution in [0.25, 0.3) is 0 Å². The Morgan fingerprint density at radius 3 is 2.42 bits per heavy atom. The van der Waals surface area contributed by atoms with Gasteiger partial charge >= 0.3 is 0 Å². The van der Waals surface area contributed by atoms with Gasteiger partial charge in [-0.15, -0.1) is 0 Å². The van der Waals surface area contributed by atoms with Crippen molar-refractivity contribution in [3.8, 4) is 5.75 Å². The molecule has 0 aliphatic heterocycles. The van der Waals surface area contributed by atoms with Crippen LogP contribution in [0.4, 0.5) is 0 Å². The van der Waals surface area contributed by atoms with E-state index < -0.39 is 0 Å². The molecule has 1 aromatic rings. The summed E-state index contributed by atoms with van der Waals surface area (Å²) in [4.78, 5) is 11.4. The fourth-order valence-electron chi connectivity index (χ4n) is 1.31. The molecule has 2 rings (SSSR count). The van der Waals surface area contributed by atoms with Gasteiger partial charge in [-0.25, -0.2) is 0 Å². The van der Waals surface area contributed by atoms with Crippen LogP contribution in [-0.4, -0.2) is 24.6 Å². The maximum absolute atomic E-state index is 11.4. The minimum Gasteiger partial charge on any atom is -0.484 e. The molecule has 4 nitrogen and oxygen atoms in total. The summed E-state index contributed by atoms with van der Waals surface area (Å²) >= 11 is 5.72. The molecule has 2 atom stereocenters. The summed E-state index contributed by atoms with van der Waals surface area (Å²) in [6, 6.07) is 7.11. The van der Waals surface area contributed by atoms with E-state index in [1.54, 1.807) is 24.3 Å². The molecule has 1 aliphatic carbocycles. The summed E-state index contributed by atoms with van der Waals surface area (Å²) < 4.78 is 5.28. The van der Waals surface area contributed by atoms with E-state index in [1.165, 1.54) is 6.42 Å². The van der Waals surface area contributed by atoms with Gasteiger partial charge in [0.25, 0.3) is 5.91 Å². The molecule has 2 unspecified atom stereocenters. The summed E-state index contributed by atoms with van der Waals surface area (Å²) in [5, 5.41) is 3.41. The van der Waals surface area contributed by atoms with E-state index in [4.69, 9.17) is 22.1 Å². The van der Waals surface area contributed by atoms with Crippen molar-refractivity contribution < 1.29 is 9.53 Å². The second kappa shape index (κ2) is 8.02. The van der Waals surface area contributed by atoms with Crippen LogP contribution in [0, 0.1) is 0 Å². The van der Waals surface area contributed by atoms with E-state index in [0.717, 1.165) is 6.42 Å². The monoisotopic (exact) mass is 284 g/mol. The average Bonchev–Trinajstić information content (AvgIpc) is 3.05. The summed E-state index contributed by atoms with van der Waals surface area (Å²) in [6.07, 6.45) is 2.10. The zero-order chi connectivity index (χ0) is 14.3. The van der Waals surface area contributed by atoms with E-state index in [0.29, 0.717) is 10.8 Å². The molecule has 0 heterocycles. The van der Waals surface area contributed by atoms with Crippen molar-refractivity contribution in [2.45, 2.75) is 38.8 Å². The molecule has 1 amide bonds. The van der Waals surface area contributed by atoms with Gasteiger partial charge in [-0.3, -0.25) is 4.79 Å². The topological polar surface area (TPSA) is 64.3 Å². The van der Waals surface area contributed by atoms with Crippen LogP contribution in [0.2, 0.25) is 5.02 Å². The van der Waals surface area contributed by atoms with Crippen molar-refractivity contribution >= 4 is 17.5 Å². The average molecular weight is 285 g/mol. The molecule has 1 saturated carbocycles. The van der Waals surface area contributed by atoms with Gasteiger partial charge in [-0.05, 0) is 30.7 Å². The van der Waals surface area contributed by atoms with E-state index in [9.17, 15) is 4.79 Å². The number of amides is 1. The first-order chi connectivity index (χ1) is 9.06. The Kier molecular flexibility index (Phi) is 6.67. The number of rotatable bonds is 4. The number of hydrogen-bond acceptors (Lipinski definition) is 3. The Hall–Kier alpha value is -1.26. The lowest BCUT2D eigenvalue weighted by Crippen LogP contribution is -2.33. The zero-order valence-electron chi connectivity index (χ0n) is 11.4. The van der Waals surface area contributed by atoms with Crippen LogP contribution in [0.3, 0.4) is 0 Å². The highest BCUT2D eigenvalue weighted by molar-refractivity contribution is 6.30. The van der Waals surface area contributed by atoms with Gasteiger partial charge in [0.05, 0.1) is 0 Å². The Morgan fingerprint density at radius 1 is 1.42 bits per heavy atom. The second-order valence-electron chi connectivity index (χ2n) is 4.52. The normalized spacial score (nSPS) is 20.0. The maximum Gasteiger partial charge on any atom is 0.258 e. The van der Waals surface area contributed by atoms with Gasteiger partial charge in [-0.2, -0.15) is 0 Å². The quantitative estimate of drug-likeness (QED) is 0.892. The van der Waals surface area contributed by atoms with E-state index >= 15 is 0 Å². The van der Waals surface area contributed by atoms with Gasteiger partial charge < -0.3 is 15.8 Å². The molecule has 0 saturated heterocycles. The smallest absolute Gasteiger partial charge is 0.258 e. The van der Waals surface area contributed by atoms with Crippen molar-refractivity contribution in [3.05, 3.63) is 29.3 Å². The number of carbonyl (C=O) groups excluding carboxylic acids is 1. The van der Waals surface area contributed by atoms with Gasteiger partial charge in [0, 0.05) is 17.1 Å². The Bertz CT molecular complexity index is 395. The first-order valence-electron chi connectivity index (χ1n) is 6.50. The van der Waals surface area contributed by atoms with E-state index in [-0.39, 0.29) is 24.6 Å². The minimum absolute atomic E-state index is 0.00481. The predicted octanol–water partition coefficient (Wildman–Crippen LogP) is 2.35. The van der Waals surface area contributed by atoms with Crippen molar-refractivity contribution in [1.29, 1.82) is 0 Å². The minimum atomic E-state index is -0.145. The zero-order valence-corrected chi connectivity index (χ0v) is 12.1. The number of carbonyl (C=O) groups is 1. The SMILES string of the molecule is CCC.NC1CC1NC(=O)COc1ccc(Cl)cc1. The molecule has 5 heteroatoms. The lowest BCUT2D eigenvalue weighted by atomic mass is 10.3. The number of hydrogen-bond donors (Lipinski definition) is 2. The van der Waals surface area contributed by atoms with Crippen LogP contribution >= 0.6 is 11.6 Å². The highest BCUT2D eigenvalue weighted by Gasteiger charge is 2.34. The molecule has 0 aromatic heterocycles. The highest BCUT2D eigenvalue weighted by atomic mass is 35.5. The van der Waals surface area contributed by atoms with Crippen LogP contribution in [0.15, 0.2) is 24.3 Å². The fraction of sp³-hybridized carbons (Fsp3) is 0.500. The fourth-order valence-corrected chi connectivity index (χ4v) is 1.43. The molecule has 0 spiro atoms. The third-order valence-corrected chi connectivity index (χ3v) is 2.62. The largest absolute Gasteiger partial charge is 0.484 e. The predicted molar refractivity (Wildman–Crippen MR) is 77.4 cm³/mol. The first-order valence-corrected chi connectivity index (χ1v) is 6.87. The Balaban J connectivity index is 0.000000550. The summed E-state index contributed by atoms with van der Waals surface area (Å²) in [6.45, 7) is 4.25. The molecule has 1 aliphatic rings. The number of benzene rings is 1. The van der Waals surface area contributed by atoms with E-state index in [1.807, 2.05) is 0 Å². The van der Waals surface area contributed by atoms with Gasteiger partial charge in [-0.1, -0.05) is 31.9 Å². The highest BCUT2D eigenvalue weighted by Crippen LogP contribution is 2.18. The van der Waals surface area contributed by atoms with Crippen LogP contribution in [-0.2, 0) is 4.79 Å². The molecule has 0 radical (unpaired) electrons. The maximum atomic E-state index is 11.4. The standard InChI is InChI=1S/C11H13ClN2O2.C3H8/c12-7-1-3-8(4-2-7)16-6-11(15)14-10-5-9(10)13;1-3-2/h1-4,9-10H,5-6,13H2,(H,14,15);3H2,1-2H3. The number of nitrogens with two attached hydrogens (primary N) is 1. The second-order valence-corrected chi connectivity index (χ2v) is 4.96. The third kappa shape index (κ3) is 6.45. The van der Waals surface area contributed by atoms with Crippen LogP contribution < -0.4 is 15.8 Å². The summed E-state index contributed by atoms with van der Waals surface area (Å²) in [5.41, 5.74) is 5.57. The van der Waals surface area contributed by atoms with Gasteiger partial charge in [0.1, 0.15) is 5.75 Å². The van der Waals surface area contributed by atoms with E-state index in [2.05, 4.69) is 19.2 Å². The van der Waals surface area contributed by atoms with Crippen molar-refractivity contribution in [2.24, 2.45) is 5.73 Å². The molecular formula is C14H21ClN2O2.